The van der Waals surface area contributed by atoms with Gasteiger partial charge in [-0.3, -0.25) is 4.79 Å². The molecule has 3 aromatic rings. The van der Waals surface area contributed by atoms with E-state index in [0.29, 0.717) is 15.6 Å². The van der Waals surface area contributed by atoms with E-state index < -0.39 is 11.9 Å². The summed E-state index contributed by atoms with van der Waals surface area (Å²) in [5.41, 5.74) is 4.19. The summed E-state index contributed by atoms with van der Waals surface area (Å²) >= 11 is 12.4. The molecule has 0 spiro atoms. The average Bonchev–Trinajstić information content (AvgIpc) is 2.96. The lowest BCUT2D eigenvalue weighted by Gasteiger charge is -2.28. The summed E-state index contributed by atoms with van der Waals surface area (Å²) in [6.45, 7) is 2.28. The summed E-state index contributed by atoms with van der Waals surface area (Å²) in [6.07, 6.45) is 0. The molecule has 0 aromatic heterocycles. The van der Waals surface area contributed by atoms with Crippen molar-refractivity contribution >= 4 is 34.7 Å². The van der Waals surface area contributed by atoms with Gasteiger partial charge < -0.3 is 10.0 Å². The second-order valence-electron chi connectivity index (χ2n) is 7.11. The van der Waals surface area contributed by atoms with Gasteiger partial charge in [0.15, 0.2) is 5.76 Å². The highest BCUT2D eigenvalue weighted by Crippen LogP contribution is 2.44. The number of hydrogen-bond donors (Lipinski definition) is 1. The third-order valence-corrected chi connectivity index (χ3v) is 5.77. The number of aliphatic hydroxyl groups is 1. The number of nitrogens with zero attached hydrogens (tertiary/aromatic N) is 1. The third-order valence-electron chi connectivity index (χ3n) is 5.15. The van der Waals surface area contributed by atoms with Gasteiger partial charge in [-0.1, -0.05) is 83.4 Å². The minimum Gasteiger partial charge on any atom is -0.503 e. The molecule has 29 heavy (non-hydrogen) atoms. The van der Waals surface area contributed by atoms with E-state index in [1.807, 2.05) is 61.5 Å². The molecule has 0 radical (unpaired) electrons. The summed E-state index contributed by atoms with van der Waals surface area (Å²) in [5.74, 6) is -0.652. The van der Waals surface area contributed by atoms with Crippen molar-refractivity contribution < 1.29 is 9.90 Å². The first-order valence-corrected chi connectivity index (χ1v) is 10.0. The Morgan fingerprint density at radius 3 is 2.24 bits per heavy atom. The molecule has 0 bridgehead atoms. The van der Waals surface area contributed by atoms with Crippen LogP contribution in [0.25, 0.3) is 5.57 Å². The van der Waals surface area contributed by atoms with Gasteiger partial charge in [-0.05, 0) is 41.8 Å². The van der Waals surface area contributed by atoms with Crippen molar-refractivity contribution in [2.75, 3.05) is 0 Å². The van der Waals surface area contributed by atoms with E-state index in [1.54, 1.807) is 23.1 Å². The fraction of sp³-hybridized carbons (Fsp3) is 0.125. The zero-order valence-corrected chi connectivity index (χ0v) is 17.3. The van der Waals surface area contributed by atoms with Crippen molar-refractivity contribution in [1.29, 1.82) is 0 Å². The standard InChI is InChI=1S/C24H19Cl2NO2/c1-15-6-8-16(9-7-15)21-22(17-10-12-19(25)13-11-17)27(24(29)23(21)28)14-18-4-2-3-5-20(18)26/h2-13,22,28H,14H2,1H3/t22-/m1/s1. The summed E-state index contributed by atoms with van der Waals surface area (Å²) < 4.78 is 0. The Labute approximate surface area is 179 Å². The molecule has 0 aliphatic carbocycles. The van der Waals surface area contributed by atoms with E-state index in [9.17, 15) is 9.90 Å². The number of amides is 1. The summed E-state index contributed by atoms with van der Waals surface area (Å²) in [6, 6.07) is 22.1. The van der Waals surface area contributed by atoms with Crippen LogP contribution < -0.4 is 0 Å². The van der Waals surface area contributed by atoms with Crippen LogP contribution in [0.2, 0.25) is 10.0 Å². The van der Waals surface area contributed by atoms with Crippen molar-refractivity contribution in [3.05, 3.63) is 111 Å². The van der Waals surface area contributed by atoms with Gasteiger partial charge in [0.05, 0.1) is 6.04 Å². The SMILES string of the molecule is Cc1ccc(C2=C(O)C(=O)N(Cc3ccccc3Cl)[C@@H]2c2ccc(Cl)cc2)cc1. The zero-order valence-electron chi connectivity index (χ0n) is 15.8. The van der Waals surface area contributed by atoms with Gasteiger partial charge in [0.25, 0.3) is 5.91 Å². The lowest BCUT2D eigenvalue weighted by atomic mass is 9.93. The van der Waals surface area contributed by atoms with E-state index in [-0.39, 0.29) is 12.3 Å². The van der Waals surface area contributed by atoms with Crippen molar-refractivity contribution in [2.24, 2.45) is 0 Å². The van der Waals surface area contributed by atoms with Crippen LogP contribution in [0.15, 0.2) is 78.6 Å². The Kier molecular flexibility index (Phi) is 5.35. The Hall–Kier alpha value is -2.75. The predicted octanol–water partition coefficient (Wildman–Crippen LogP) is 6.35. The molecule has 0 fully saturated rings. The van der Waals surface area contributed by atoms with Gasteiger partial charge in [-0.2, -0.15) is 0 Å². The van der Waals surface area contributed by atoms with Crippen molar-refractivity contribution in [3.8, 4) is 0 Å². The van der Waals surface area contributed by atoms with Crippen LogP contribution in [0.5, 0.6) is 0 Å². The molecule has 0 unspecified atom stereocenters. The fourth-order valence-corrected chi connectivity index (χ4v) is 3.97. The highest BCUT2D eigenvalue weighted by Gasteiger charge is 2.41. The van der Waals surface area contributed by atoms with Crippen LogP contribution >= 0.6 is 23.2 Å². The number of carbonyl (C=O) groups excluding carboxylic acids is 1. The van der Waals surface area contributed by atoms with Crippen molar-refractivity contribution in [3.63, 3.8) is 0 Å². The van der Waals surface area contributed by atoms with E-state index in [1.165, 1.54) is 0 Å². The summed E-state index contributed by atoms with van der Waals surface area (Å²) in [7, 11) is 0. The Bertz CT molecular complexity index is 1090. The normalized spacial score (nSPS) is 16.6. The number of aliphatic hydroxyl groups excluding tert-OH is 1. The molecule has 4 rings (SSSR count). The molecule has 1 aliphatic rings. The zero-order chi connectivity index (χ0) is 20.5. The van der Waals surface area contributed by atoms with Gasteiger partial charge in [0.1, 0.15) is 0 Å². The average molecular weight is 424 g/mol. The molecule has 3 nitrogen and oxygen atoms in total. The number of aryl methyl sites for hydroxylation is 1. The topological polar surface area (TPSA) is 40.5 Å². The Morgan fingerprint density at radius 1 is 0.931 bits per heavy atom. The van der Waals surface area contributed by atoms with Crippen LogP contribution in [-0.4, -0.2) is 15.9 Å². The molecule has 3 aromatic carbocycles. The van der Waals surface area contributed by atoms with Crippen molar-refractivity contribution in [2.45, 2.75) is 19.5 Å². The lowest BCUT2D eigenvalue weighted by molar-refractivity contribution is -0.130. The number of benzene rings is 3. The first-order chi connectivity index (χ1) is 14.0. The molecule has 146 valence electrons. The van der Waals surface area contributed by atoms with Gasteiger partial charge in [0, 0.05) is 22.2 Å². The first kappa shape index (κ1) is 19.6. The molecule has 0 saturated carbocycles. The maximum atomic E-state index is 13.1. The minimum absolute atomic E-state index is 0.235. The van der Waals surface area contributed by atoms with E-state index >= 15 is 0 Å². The summed E-state index contributed by atoms with van der Waals surface area (Å²) in [5, 5.41) is 12.0. The third kappa shape index (κ3) is 3.76. The second-order valence-corrected chi connectivity index (χ2v) is 7.95. The number of hydrogen-bond acceptors (Lipinski definition) is 2. The van der Waals surface area contributed by atoms with Crippen molar-refractivity contribution in [1.82, 2.24) is 4.90 Å². The first-order valence-electron chi connectivity index (χ1n) is 9.25. The molecule has 1 atom stereocenters. The smallest absolute Gasteiger partial charge is 0.290 e. The molecule has 5 heteroatoms. The molecule has 1 aliphatic heterocycles. The molecule has 1 amide bonds. The van der Waals surface area contributed by atoms with E-state index in [4.69, 9.17) is 23.2 Å². The highest BCUT2D eigenvalue weighted by molar-refractivity contribution is 6.31. The predicted molar refractivity (Wildman–Crippen MR) is 117 cm³/mol. The minimum atomic E-state index is -0.446. The molecule has 1 N–H and O–H groups in total. The van der Waals surface area contributed by atoms with Crippen LogP contribution in [0.4, 0.5) is 0 Å². The number of carbonyl (C=O) groups is 1. The maximum Gasteiger partial charge on any atom is 0.290 e. The van der Waals surface area contributed by atoms with Crippen LogP contribution in [0.1, 0.15) is 28.3 Å². The Morgan fingerprint density at radius 2 is 1.59 bits per heavy atom. The van der Waals surface area contributed by atoms with E-state index in [0.717, 1.165) is 22.3 Å². The number of rotatable bonds is 4. The lowest BCUT2D eigenvalue weighted by Crippen LogP contribution is -2.30. The molecule has 0 saturated heterocycles. The largest absolute Gasteiger partial charge is 0.503 e. The van der Waals surface area contributed by atoms with Crippen LogP contribution in [0.3, 0.4) is 0 Å². The molecular formula is C24H19Cl2NO2. The second kappa shape index (κ2) is 7.94. The summed E-state index contributed by atoms with van der Waals surface area (Å²) in [4.78, 5) is 14.7. The van der Waals surface area contributed by atoms with Crippen LogP contribution in [0, 0.1) is 6.92 Å². The molecular weight excluding hydrogens is 405 g/mol. The van der Waals surface area contributed by atoms with Gasteiger partial charge in [-0.25, -0.2) is 0 Å². The molecule has 1 heterocycles. The number of halogens is 2. The fourth-order valence-electron chi connectivity index (χ4n) is 3.65. The quantitative estimate of drug-likeness (QED) is 0.530. The van der Waals surface area contributed by atoms with Crippen LogP contribution in [-0.2, 0) is 11.3 Å². The Balaban J connectivity index is 1.83. The maximum absolute atomic E-state index is 13.1. The highest BCUT2D eigenvalue weighted by atomic mass is 35.5. The van der Waals surface area contributed by atoms with Gasteiger partial charge >= 0.3 is 0 Å². The van der Waals surface area contributed by atoms with Gasteiger partial charge in [0.2, 0.25) is 0 Å². The van der Waals surface area contributed by atoms with E-state index in [2.05, 4.69) is 0 Å². The van der Waals surface area contributed by atoms with Gasteiger partial charge in [-0.15, -0.1) is 0 Å². The monoisotopic (exact) mass is 423 g/mol.